The summed E-state index contributed by atoms with van der Waals surface area (Å²) >= 11 is 0. The number of hydrogen-bond acceptors (Lipinski definition) is 5. The lowest BCUT2D eigenvalue weighted by atomic mass is 9.97. The predicted molar refractivity (Wildman–Crippen MR) is 52.8 cm³/mol. The van der Waals surface area contributed by atoms with Gasteiger partial charge >= 0.3 is 5.63 Å². The molecule has 1 aromatic rings. The van der Waals surface area contributed by atoms with Gasteiger partial charge in [-0.3, -0.25) is 0 Å². The lowest BCUT2D eigenvalue weighted by Crippen LogP contribution is -2.34. The fourth-order valence-electron chi connectivity index (χ4n) is 1.03. The maximum absolute atomic E-state index is 11.1. The normalized spacial score (nSPS) is 16.9. The van der Waals surface area contributed by atoms with Crippen LogP contribution in [0.15, 0.2) is 21.3 Å². The standard InChI is InChI=1S/C10H14O5/c1-6(11)10(2,13)8-4-7(14-3)5-9(12)15-8/h4-6,11,13H,1-3H3/t6-,10-/m0/s1. The molecule has 0 amide bonds. The molecular weight excluding hydrogens is 200 g/mol. The van der Waals surface area contributed by atoms with Gasteiger partial charge in [-0.15, -0.1) is 0 Å². The van der Waals surface area contributed by atoms with Crippen LogP contribution in [0, 0.1) is 0 Å². The lowest BCUT2D eigenvalue weighted by Gasteiger charge is -2.24. The third kappa shape index (κ3) is 2.37. The molecule has 0 aliphatic heterocycles. The zero-order chi connectivity index (χ0) is 11.6. The number of rotatable bonds is 3. The molecule has 0 bridgehead atoms. The fourth-order valence-corrected chi connectivity index (χ4v) is 1.03. The first-order chi connectivity index (χ1) is 6.87. The van der Waals surface area contributed by atoms with Crippen LogP contribution >= 0.6 is 0 Å². The average molecular weight is 214 g/mol. The minimum atomic E-state index is -1.62. The number of aliphatic hydroxyl groups excluding tert-OH is 1. The second-order valence-corrected chi connectivity index (χ2v) is 3.50. The highest BCUT2D eigenvalue weighted by molar-refractivity contribution is 5.23. The molecule has 0 unspecified atom stereocenters. The van der Waals surface area contributed by atoms with Gasteiger partial charge in [0.25, 0.3) is 0 Å². The van der Waals surface area contributed by atoms with Gasteiger partial charge in [-0.2, -0.15) is 0 Å². The molecule has 0 saturated heterocycles. The highest BCUT2D eigenvalue weighted by Crippen LogP contribution is 2.25. The van der Waals surface area contributed by atoms with E-state index in [4.69, 9.17) is 9.15 Å². The number of ether oxygens (including phenoxy) is 1. The van der Waals surface area contributed by atoms with E-state index in [1.807, 2.05) is 0 Å². The number of aliphatic hydroxyl groups is 2. The van der Waals surface area contributed by atoms with Crippen molar-refractivity contribution >= 4 is 0 Å². The molecule has 2 atom stereocenters. The largest absolute Gasteiger partial charge is 0.496 e. The highest BCUT2D eigenvalue weighted by atomic mass is 16.5. The summed E-state index contributed by atoms with van der Waals surface area (Å²) in [5.41, 5.74) is -2.25. The molecule has 5 nitrogen and oxygen atoms in total. The Labute approximate surface area is 86.9 Å². The van der Waals surface area contributed by atoms with Crippen molar-refractivity contribution in [2.24, 2.45) is 0 Å². The minimum absolute atomic E-state index is 0.0261. The second-order valence-electron chi connectivity index (χ2n) is 3.50. The summed E-state index contributed by atoms with van der Waals surface area (Å²) < 4.78 is 9.66. The fraction of sp³-hybridized carbons (Fsp3) is 0.500. The Morgan fingerprint density at radius 3 is 2.60 bits per heavy atom. The van der Waals surface area contributed by atoms with E-state index in [2.05, 4.69) is 0 Å². The van der Waals surface area contributed by atoms with Crippen LogP contribution in [0.4, 0.5) is 0 Å². The molecule has 15 heavy (non-hydrogen) atoms. The van der Waals surface area contributed by atoms with Crippen molar-refractivity contribution in [2.75, 3.05) is 7.11 Å². The first kappa shape index (κ1) is 11.7. The van der Waals surface area contributed by atoms with Gasteiger partial charge in [-0.05, 0) is 13.8 Å². The van der Waals surface area contributed by atoms with E-state index in [-0.39, 0.29) is 11.5 Å². The average Bonchev–Trinajstić information content (AvgIpc) is 2.16. The van der Waals surface area contributed by atoms with Gasteiger partial charge in [0.2, 0.25) is 0 Å². The molecule has 2 N–H and O–H groups in total. The van der Waals surface area contributed by atoms with Crippen molar-refractivity contribution in [1.29, 1.82) is 0 Å². The van der Waals surface area contributed by atoms with Crippen LogP contribution in [0.5, 0.6) is 5.75 Å². The van der Waals surface area contributed by atoms with Gasteiger partial charge in [0.15, 0.2) is 0 Å². The van der Waals surface area contributed by atoms with Crippen molar-refractivity contribution in [3.8, 4) is 5.75 Å². The first-order valence-corrected chi connectivity index (χ1v) is 4.48. The van der Waals surface area contributed by atoms with Gasteiger partial charge in [0.1, 0.15) is 17.1 Å². The summed E-state index contributed by atoms with van der Waals surface area (Å²) in [6, 6.07) is 2.52. The van der Waals surface area contributed by atoms with Gasteiger partial charge in [0.05, 0.1) is 19.3 Å². The van der Waals surface area contributed by atoms with Crippen LogP contribution in [-0.2, 0) is 5.60 Å². The smallest absolute Gasteiger partial charge is 0.339 e. The summed E-state index contributed by atoms with van der Waals surface area (Å²) in [6.45, 7) is 2.76. The second kappa shape index (κ2) is 4.04. The van der Waals surface area contributed by atoms with E-state index in [0.29, 0.717) is 0 Å². The Bertz CT molecular complexity index is 391. The molecule has 0 radical (unpaired) electrons. The Morgan fingerprint density at radius 2 is 2.13 bits per heavy atom. The molecule has 0 aromatic carbocycles. The monoisotopic (exact) mass is 214 g/mol. The maximum Gasteiger partial charge on any atom is 0.339 e. The summed E-state index contributed by atoms with van der Waals surface area (Å²) in [5, 5.41) is 19.2. The van der Waals surface area contributed by atoms with Crippen LogP contribution in [0.2, 0.25) is 0 Å². The molecule has 1 heterocycles. The highest BCUT2D eigenvalue weighted by Gasteiger charge is 2.32. The third-order valence-electron chi connectivity index (χ3n) is 2.29. The van der Waals surface area contributed by atoms with Crippen LogP contribution in [0.1, 0.15) is 19.6 Å². The van der Waals surface area contributed by atoms with E-state index < -0.39 is 17.3 Å². The van der Waals surface area contributed by atoms with E-state index in [0.717, 1.165) is 6.07 Å². The van der Waals surface area contributed by atoms with Crippen LogP contribution < -0.4 is 10.4 Å². The van der Waals surface area contributed by atoms with E-state index in [9.17, 15) is 15.0 Å². The van der Waals surface area contributed by atoms with Crippen molar-refractivity contribution in [1.82, 2.24) is 0 Å². The summed E-state index contributed by atoms with van der Waals surface area (Å²) in [4.78, 5) is 11.1. The van der Waals surface area contributed by atoms with Crippen molar-refractivity contribution in [2.45, 2.75) is 25.6 Å². The summed E-state index contributed by atoms with van der Waals surface area (Å²) in [7, 11) is 1.40. The van der Waals surface area contributed by atoms with E-state index >= 15 is 0 Å². The molecule has 0 fully saturated rings. The Hall–Kier alpha value is -1.33. The van der Waals surface area contributed by atoms with Crippen molar-refractivity contribution in [3.63, 3.8) is 0 Å². The topological polar surface area (TPSA) is 79.9 Å². The Kier molecular flexibility index (Phi) is 3.16. The van der Waals surface area contributed by atoms with Crippen LogP contribution in [0.3, 0.4) is 0 Å². The Morgan fingerprint density at radius 1 is 1.53 bits per heavy atom. The summed E-state index contributed by atoms with van der Waals surface area (Å²) in [5.74, 6) is 0.254. The SMILES string of the molecule is COc1cc([C@@](C)(O)[C@H](C)O)oc(=O)c1. The van der Waals surface area contributed by atoms with E-state index in [1.54, 1.807) is 0 Å². The Balaban J connectivity index is 3.25. The molecule has 0 spiro atoms. The van der Waals surface area contributed by atoms with Crippen LogP contribution in [-0.4, -0.2) is 23.4 Å². The number of hydrogen-bond donors (Lipinski definition) is 2. The van der Waals surface area contributed by atoms with Crippen molar-refractivity contribution in [3.05, 3.63) is 28.3 Å². The summed E-state index contributed by atoms with van der Waals surface area (Å²) in [6.07, 6.45) is -1.06. The van der Waals surface area contributed by atoms with Gasteiger partial charge in [-0.1, -0.05) is 0 Å². The zero-order valence-electron chi connectivity index (χ0n) is 8.85. The van der Waals surface area contributed by atoms with Gasteiger partial charge < -0.3 is 19.4 Å². The molecule has 1 rings (SSSR count). The predicted octanol–water partition coefficient (Wildman–Crippen LogP) is 0.237. The minimum Gasteiger partial charge on any atom is -0.496 e. The molecule has 0 saturated carbocycles. The molecule has 0 aliphatic rings. The quantitative estimate of drug-likeness (QED) is 0.753. The first-order valence-electron chi connectivity index (χ1n) is 4.48. The lowest BCUT2D eigenvalue weighted by molar-refractivity contribution is -0.0727. The molecule has 1 aromatic heterocycles. The molecule has 0 aliphatic carbocycles. The zero-order valence-corrected chi connectivity index (χ0v) is 8.85. The third-order valence-corrected chi connectivity index (χ3v) is 2.29. The van der Waals surface area contributed by atoms with Gasteiger partial charge in [0, 0.05) is 6.07 Å². The molecule has 5 heteroatoms. The number of methoxy groups -OCH3 is 1. The van der Waals surface area contributed by atoms with Gasteiger partial charge in [-0.25, -0.2) is 4.79 Å². The maximum atomic E-state index is 11.1. The van der Waals surface area contributed by atoms with E-state index in [1.165, 1.54) is 27.0 Å². The molecule has 84 valence electrons. The van der Waals surface area contributed by atoms with Crippen molar-refractivity contribution < 1.29 is 19.4 Å². The van der Waals surface area contributed by atoms with Crippen LogP contribution in [0.25, 0.3) is 0 Å². The molecular formula is C10H14O5.